The summed E-state index contributed by atoms with van der Waals surface area (Å²) in [6.07, 6.45) is 2.36. The maximum absolute atomic E-state index is 11.9. The molecule has 1 aromatic heterocycles. The molecule has 0 aromatic carbocycles. The molecule has 3 N–H and O–H groups in total. The molecule has 1 amide bonds. The fourth-order valence-electron chi connectivity index (χ4n) is 1.50. The van der Waals surface area contributed by atoms with Gasteiger partial charge in [-0.15, -0.1) is 0 Å². The minimum atomic E-state index is -0.189. The van der Waals surface area contributed by atoms with Crippen LogP contribution in [0.2, 0.25) is 0 Å². The molecule has 0 saturated carbocycles. The Bertz CT molecular complexity index is 412. The first-order valence-corrected chi connectivity index (χ1v) is 5.92. The zero-order valence-electron chi connectivity index (χ0n) is 11.5. The van der Waals surface area contributed by atoms with E-state index in [0.717, 1.165) is 6.42 Å². The van der Waals surface area contributed by atoms with E-state index in [1.54, 1.807) is 14.2 Å². The number of amides is 1. The number of hydrogen-bond donors (Lipinski definition) is 2. The van der Waals surface area contributed by atoms with E-state index in [2.05, 4.69) is 24.3 Å². The molecule has 0 bridgehead atoms. The molecule has 0 atom stereocenters. The lowest BCUT2D eigenvalue weighted by Crippen LogP contribution is -2.34. The summed E-state index contributed by atoms with van der Waals surface area (Å²) >= 11 is 0. The van der Waals surface area contributed by atoms with Crippen molar-refractivity contribution in [3.05, 3.63) is 11.8 Å². The van der Waals surface area contributed by atoms with Crippen molar-refractivity contribution in [3.8, 4) is 0 Å². The van der Waals surface area contributed by atoms with Crippen LogP contribution in [-0.2, 0) is 11.8 Å². The average Bonchev–Trinajstić information content (AvgIpc) is 2.65. The second-order valence-corrected chi connectivity index (χ2v) is 5.16. The first-order chi connectivity index (χ1) is 8.37. The van der Waals surface area contributed by atoms with E-state index in [1.165, 1.54) is 10.9 Å². The highest BCUT2D eigenvalue weighted by Crippen LogP contribution is 2.19. The Morgan fingerprint density at radius 1 is 1.61 bits per heavy atom. The average molecular weight is 254 g/mol. The summed E-state index contributed by atoms with van der Waals surface area (Å²) in [6.45, 7) is 5.42. The van der Waals surface area contributed by atoms with Gasteiger partial charge in [-0.2, -0.15) is 5.10 Å². The lowest BCUT2D eigenvalue weighted by molar-refractivity contribution is 0.0922. The van der Waals surface area contributed by atoms with Gasteiger partial charge >= 0.3 is 0 Å². The van der Waals surface area contributed by atoms with E-state index >= 15 is 0 Å². The van der Waals surface area contributed by atoms with Crippen molar-refractivity contribution < 1.29 is 9.53 Å². The standard InChI is InChI=1S/C12H22N4O2/c1-12(2,5-6-18-4)8-14-11(17)9-7-15-16(3)10(9)13/h7H,5-6,8,13H2,1-4H3,(H,14,17). The Morgan fingerprint density at radius 3 is 2.78 bits per heavy atom. The first kappa shape index (κ1) is 14.5. The lowest BCUT2D eigenvalue weighted by Gasteiger charge is -2.24. The summed E-state index contributed by atoms with van der Waals surface area (Å²) in [5.41, 5.74) is 6.15. The van der Waals surface area contributed by atoms with Gasteiger partial charge in [-0.25, -0.2) is 0 Å². The van der Waals surface area contributed by atoms with Gasteiger partial charge in [-0.1, -0.05) is 13.8 Å². The summed E-state index contributed by atoms with van der Waals surface area (Å²) in [7, 11) is 3.37. The normalized spacial score (nSPS) is 11.6. The molecule has 0 unspecified atom stereocenters. The van der Waals surface area contributed by atoms with Crippen LogP contribution >= 0.6 is 0 Å². The zero-order chi connectivity index (χ0) is 13.8. The summed E-state index contributed by atoms with van der Waals surface area (Å²) in [6, 6.07) is 0. The SMILES string of the molecule is COCCC(C)(C)CNC(=O)c1cnn(C)c1N. The lowest BCUT2D eigenvalue weighted by atomic mass is 9.89. The van der Waals surface area contributed by atoms with Crippen molar-refractivity contribution in [2.24, 2.45) is 12.5 Å². The minimum Gasteiger partial charge on any atom is -0.385 e. The number of ether oxygens (including phenoxy) is 1. The number of carbonyl (C=O) groups is 1. The molecule has 18 heavy (non-hydrogen) atoms. The number of rotatable bonds is 6. The summed E-state index contributed by atoms with van der Waals surface area (Å²) in [5.74, 6) is 0.188. The summed E-state index contributed by atoms with van der Waals surface area (Å²) in [5, 5.41) is 6.82. The van der Waals surface area contributed by atoms with Gasteiger partial charge in [0.05, 0.1) is 6.20 Å². The van der Waals surface area contributed by atoms with Crippen LogP contribution < -0.4 is 11.1 Å². The molecule has 1 heterocycles. The fourth-order valence-corrected chi connectivity index (χ4v) is 1.50. The third kappa shape index (κ3) is 3.73. The molecule has 0 aliphatic heterocycles. The highest BCUT2D eigenvalue weighted by Gasteiger charge is 2.20. The first-order valence-electron chi connectivity index (χ1n) is 5.92. The Morgan fingerprint density at radius 2 is 2.28 bits per heavy atom. The van der Waals surface area contributed by atoms with E-state index < -0.39 is 0 Å². The smallest absolute Gasteiger partial charge is 0.256 e. The topological polar surface area (TPSA) is 82.2 Å². The van der Waals surface area contributed by atoms with Gasteiger partial charge in [0, 0.05) is 27.3 Å². The number of nitrogen functional groups attached to an aromatic ring is 1. The van der Waals surface area contributed by atoms with Gasteiger partial charge in [-0.3, -0.25) is 9.48 Å². The maximum Gasteiger partial charge on any atom is 0.256 e. The van der Waals surface area contributed by atoms with Gasteiger partial charge in [0.25, 0.3) is 5.91 Å². The molecule has 6 nitrogen and oxygen atoms in total. The van der Waals surface area contributed by atoms with Gasteiger partial charge in [0.1, 0.15) is 11.4 Å². The number of hydrogen-bond acceptors (Lipinski definition) is 4. The largest absolute Gasteiger partial charge is 0.385 e. The predicted molar refractivity (Wildman–Crippen MR) is 70.2 cm³/mol. The van der Waals surface area contributed by atoms with E-state index in [1.807, 2.05) is 0 Å². The second kappa shape index (κ2) is 5.86. The van der Waals surface area contributed by atoms with Gasteiger partial charge < -0.3 is 15.8 Å². The van der Waals surface area contributed by atoms with Crippen LogP contribution in [0.3, 0.4) is 0 Å². The number of aromatic nitrogens is 2. The number of nitrogens with zero attached hydrogens (tertiary/aromatic N) is 2. The Labute approximate surface area is 107 Å². The zero-order valence-corrected chi connectivity index (χ0v) is 11.5. The van der Waals surface area contributed by atoms with Crippen LogP contribution in [0.25, 0.3) is 0 Å². The van der Waals surface area contributed by atoms with Crippen molar-refractivity contribution in [1.29, 1.82) is 0 Å². The molecule has 102 valence electrons. The molecule has 0 aliphatic rings. The van der Waals surface area contributed by atoms with Crippen molar-refractivity contribution in [3.63, 3.8) is 0 Å². The third-order valence-corrected chi connectivity index (χ3v) is 2.94. The number of nitrogens with one attached hydrogen (secondary N) is 1. The van der Waals surface area contributed by atoms with Crippen LogP contribution in [0.5, 0.6) is 0 Å². The predicted octanol–water partition coefficient (Wildman–Crippen LogP) is 0.795. The van der Waals surface area contributed by atoms with E-state index in [4.69, 9.17) is 10.5 Å². The molecule has 0 fully saturated rings. The van der Waals surface area contributed by atoms with E-state index in [-0.39, 0.29) is 11.3 Å². The molecule has 1 aromatic rings. The summed E-state index contributed by atoms with van der Waals surface area (Å²) in [4.78, 5) is 11.9. The monoisotopic (exact) mass is 254 g/mol. The third-order valence-electron chi connectivity index (χ3n) is 2.94. The van der Waals surface area contributed by atoms with Crippen LogP contribution in [-0.4, -0.2) is 35.9 Å². The van der Waals surface area contributed by atoms with Crippen LogP contribution in [0.4, 0.5) is 5.82 Å². The van der Waals surface area contributed by atoms with Gasteiger partial charge in [0.2, 0.25) is 0 Å². The molecule has 1 rings (SSSR count). The van der Waals surface area contributed by atoms with Crippen molar-refractivity contribution >= 4 is 11.7 Å². The quantitative estimate of drug-likeness (QED) is 0.786. The molecular formula is C12H22N4O2. The molecular weight excluding hydrogens is 232 g/mol. The molecule has 0 radical (unpaired) electrons. The summed E-state index contributed by atoms with van der Waals surface area (Å²) < 4.78 is 6.52. The van der Waals surface area contributed by atoms with Crippen molar-refractivity contribution in [2.75, 3.05) is 26.0 Å². The number of carbonyl (C=O) groups excluding carboxylic acids is 1. The van der Waals surface area contributed by atoms with E-state index in [0.29, 0.717) is 24.5 Å². The minimum absolute atomic E-state index is 0.0113. The van der Waals surface area contributed by atoms with Crippen LogP contribution in [0, 0.1) is 5.41 Å². The highest BCUT2D eigenvalue weighted by molar-refractivity contribution is 5.98. The second-order valence-electron chi connectivity index (χ2n) is 5.16. The Hall–Kier alpha value is -1.56. The number of nitrogens with two attached hydrogens (primary N) is 1. The van der Waals surface area contributed by atoms with E-state index in [9.17, 15) is 4.79 Å². The Balaban J connectivity index is 2.53. The number of anilines is 1. The van der Waals surface area contributed by atoms with Gasteiger partial charge in [-0.05, 0) is 11.8 Å². The van der Waals surface area contributed by atoms with Crippen LogP contribution in [0.15, 0.2) is 6.20 Å². The molecule has 0 saturated heterocycles. The molecule has 0 spiro atoms. The molecule has 6 heteroatoms. The fraction of sp³-hybridized carbons (Fsp3) is 0.667. The van der Waals surface area contributed by atoms with Crippen molar-refractivity contribution in [2.45, 2.75) is 20.3 Å². The maximum atomic E-state index is 11.9. The molecule has 0 aliphatic carbocycles. The number of aryl methyl sites for hydroxylation is 1. The van der Waals surface area contributed by atoms with Crippen LogP contribution in [0.1, 0.15) is 30.6 Å². The highest BCUT2D eigenvalue weighted by atomic mass is 16.5. The van der Waals surface area contributed by atoms with Crippen molar-refractivity contribution in [1.82, 2.24) is 15.1 Å². The Kier molecular flexibility index (Phi) is 4.72. The number of methoxy groups -OCH3 is 1. The van der Waals surface area contributed by atoms with Gasteiger partial charge in [0.15, 0.2) is 0 Å².